The van der Waals surface area contributed by atoms with E-state index in [4.69, 9.17) is 5.73 Å². The van der Waals surface area contributed by atoms with Crippen molar-refractivity contribution in [3.8, 4) is 0 Å². The molecule has 0 aromatic heterocycles. The lowest BCUT2D eigenvalue weighted by molar-refractivity contribution is -0.132. The first-order valence-corrected chi connectivity index (χ1v) is 6.84. The lowest BCUT2D eigenvalue weighted by Crippen LogP contribution is -2.51. The highest BCUT2D eigenvalue weighted by molar-refractivity contribution is 5.97. The Kier molecular flexibility index (Phi) is 4.09. The largest absolute Gasteiger partial charge is 0.329 e. The van der Waals surface area contributed by atoms with Gasteiger partial charge in [-0.15, -0.1) is 0 Å². The molecule has 0 spiro atoms. The number of hydrogen-bond donors (Lipinski definition) is 3. The summed E-state index contributed by atoms with van der Waals surface area (Å²) in [6, 6.07) is 7.11. The van der Waals surface area contributed by atoms with Gasteiger partial charge in [-0.1, -0.05) is 13.0 Å². The molecule has 0 aliphatic heterocycles. The number of hydrogen-bond acceptors (Lipinski definition) is 3. The Labute approximate surface area is 118 Å². The Morgan fingerprint density at radius 3 is 2.40 bits per heavy atom. The van der Waals surface area contributed by atoms with Crippen LogP contribution in [0, 0.1) is 11.3 Å². The summed E-state index contributed by atoms with van der Waals surface area (Å²) >= 11 is 0. The first-order chi connectivity index (χ1) is 9.45. The Bertz CT molecular complexity index is 522. The molecular weight excluding hydrogens is 254 g/mol. The van der Waals surface area contributed by atoms with Gasteiger partial charge in [-0.2, -0.15) is 0 Å². The minimum atomic E-state index is -0.427. The number of amides is 2. The molecule has 0 saturated heterocycles. The molecule has 0 heterocycles. The summed E-state index contributed by atoms with van der Waals surface area (Å²) in [7, 11) is 0. The molecule has 1 saturated carbocycles. The van der Waals surface area contributed by atoms with E-state index in [0.717, 1.165) is 12.8 Å². The molecule has 1 fully saturated rings. The molecule has 20 heavy (non-hydrogen) atoms. The van der Waals surface area contributed by atoms with Crippen molar-refractivity contribution < 1.29 is 9.59 Å². The molecule has 0 unspecified atom stereocenters. The Hall–Kier alpha value is -1.88. The van der Waals surface area contributed by atoms with Gasteiger partial charge in [0.05, 0.1) is 5.41 Å². The number of carbonyl (C=O) groups is 2. The summed E-state index contributed by atoms with van der Waals surface area (Å²) in [5, 5.41) is 5.59. The SMILES string of the molecule is CC(=O)Nc1cccc(NC(=O)C2(CN)CC(C)C2)c1. The maximum atomic E-state index is 12.3. The van der Waals surface area contributed by atoms with E-state index in [-0.39, 0.29) is 11.8 Å². The molecule has 2 rings (SSSR count). The van der Waals surface area contributed by atoms with Gasteiger partial charge in [0.1, 0.15) is 0 Å². The van der Waals surface area contributed by atoms with Crippen molar-refractivity contribution >= 4 is 23.2 Å². The fraction of sp³-hybridized carbons (Fsp3) is 0.467. The summed E-state index contributed by atoms with van der Waals surface area (Å²) in [6.45, 7) is 3.94. The van der Waals surface area contributed by atoms with Crippen molar-refractivity contribution in [2.45, 2.75) is 26.7 Å². The van der Waals surface area contributed by atoms with E-state index in [0.29, 0.717) is 23.8 Å². The first-order valence-electron chi connectivity index (χ1n) is 6.84. The van der Waals surface area contributed by atoms with Crippen LogP contribution < -0.4 is 16.4 Å². The second-order valence-corrected chi connectivity index (χ2v) is 5.71. The third kappa shape index (κ3) is 2.99. The Balaban J connectivity index is 2.06. The van der Waals surface area contributed by atoms with E-state index < -0.39 is 5.41 Å². The Morgan fingerprint density at radius 1 is 1.30 bits per heavy atom. The smallest absolute Gasteiger partial charge is 0.231 e. The fourth-order valence-corrected chi connectivity index (χ4v) is 2.86. The topological polar surface area (TPSA) is 84.2 Å². The zero-order valence-corrected chi connectivity index (χ0v) is 11.9. The van der Waals surface area contributed by atoms with E-state index in [2.05, 4.69) is 17.6 Å². The maximum absolute atomic E-state index is 12.3. The van der Waals surface area contributed by atoms with Crippen LogP contribution in [0.15, 0.2) is 24.3 Å². The molecule has 1 aromatic rings. The number of nitrogens with two attached hydrogens (primary N) is 1. The molecule has 1 aromatic carbocycles. The quantitative estimate of drug-likeness (QED) is 0.785. The number of anilines is 2. The highest BCUT2D eigenvalue weighted by atomic mass is 16.2. The summed E-state index contributed by atoms with van der Waals surface area (Å²) in [5.41, 5.74) is 6.68. The second kappa shape index (κ2) is 5.63. The van der Waals surface area contributed by atoms with E-state index in [1.54, 1.807) is 24.3 Å². The third-order valence-electron chi connectivity index (χ3n) is 3.79. The van der Waals surface area contributed by atoms with Crippen molar-refractivity contribution in [1.29, 1.82) is 0 Å². The highest BCUT2D eigenvalue weighted by Crippen LogP contribution is 2.45. The summed E-state index contributed by atoms with van der Waals surface area (Å²) < 4.78 is 0. The van der Waals surface area contributed by atoms with Crippen molar-refractivity contribution in [2.75, 3.05) is 17.2 Å². The van der Waals surface area contributed by atoms with Crippen molar-refractivity contribution in [3.05, 3.63) is 24.3 Å². The molecule has 0 bridgehead atoms. The fourth-order valence-electron chi connectivity index (χ4n) is 2.86. The van der Waals surface area contributed by atoms with Gasteiger partial charge in [0.15, 0.2) is 0 Å². The van der Waals surface area contributed by atoms with Crippen LogP contribution in [-0.4, -0.2) is 18.4 Å². The van der Waals surface area contributed by atoms with Crippen molar-refractivity contribution in [3.63, 3.8) is 0 Å². The molecule has 1 aliphatic rings. The average Bonchev–Trinajstić information content (AvgIpc) is 2.34. The zero-order valence-electron chi connectivity index (χ0n) is 11.9. The van der Waals surface area contributed by atoms with Crippen LogP contribution in [0.1, 0.15) is 26.7 Å². The monoisotopic (exact) mass is 275 g/mol. The summed E-state index contributed by atoms with van der Waals surface area (Å²) in [4.78, 5) is 23.4. The lowest BCUT2D eigenvalue weighted by atomic mass is 9.62. The third-order valence-corrected chi connectivity index (χ3v) is 3.79. The molecular formula is C15H21N3O2. The van der Waals surface area contributed by atoms with Crippen molar-refractivity contribution in [2.24, 2.45) is 17.1 Å². The predicted octanol–water partition coefficient (Wildman–Crippen LogP) is 1.96. The van der Waals surface area contributed by atoms with Gasteiger partial charge in [0.2, 0.25) is 11.8 Å². The predicted molar refractivity (Wildman–Crippen MR) is 79.3 cm³/mol. The van der Waals surface area contributed by atoms with Crippen LogP contribution in [0.4, 0.5) is 11.4 Å². The first kappa shape index (κ1) is 14.5. The molecule has 2 amide bonds. The molecule has 0 radical (unpaired) electrons. The van der Waals surface area contributed by atoms with Gasteiger partial charge in [-0.05, 0) is 37.0 Å². The van der Waals surface area contributed by atoms with Gasteiger partial charge in [0.25, 0.3) is 0 Å². The average molecular weight is 275 g/mol. The van der Waals surface area contributed by atoms with Gasteiger partial charge in [0, 0.05) is 24.8 Å². The van der Waals surface area contributed by atoms with E-state index >= 15 is 0 Å². The minimum Gasteiger partial charge on any atom is -0.329 e. The molecule has 5 nitrogen and oxygen atoms in total. The van der Waals surface area contributed by atoms with Crippen LogP contribution in [0.5, 0.6) is 0 Å². The van der Waals surface area contributed by atoms with E-state index in [1.165, 1.54) is 6.92 Å². The standard InChI is InChI=1S/C15H21N3O2/c1-10-7-15(8-10,9-16)14(20)18-13-5-3-4-12(6-13)17-11(2)19/h3-6,10H,7-9,16H2,1-2H3,(H,17,19)(H,18,20). The normalized spacial score (nSPS) is 24.6. The number of carbonyl (C=O) groups excluding carboxylic acids is 2. The zero-order chi connectivity index (χ0) is 14.8. The second-order valence-electron chi connectivity index (χ2n) is 5.71. The summed E-state index contributed by atoms with van der Waals surface area (Å²) in [6.07, 6.45) is 1.67. The highest BCUT2D eigenvalue weighted by Gasteiger charge is 2.47. The van der Waals surface area contributed by atoms with E-state index in [9.17, 15) is 9.59 Å². The van der Waals surface area contributed by atoms with Gasteiger partial charge < -0.3 is 16.4 Å². The van der Waals surface area contributed by atoms with Crippen molar-refractivity contribution in [1.82, 2.24) is 0 Å². The molecule has 4 N–H and O–H groups in total. The summed E-state index contributed by atoms with van der Waals surface area (Å²) in [5.74, 6) is 0.382. The Morgan fingerprint density at radius 2 is 1.90 bits per heavy atom. The van der Waals surface area contributed by atoms with Crippen LogP contribution in [-0.2, 0) is 9.59 Å². The molecule has 1 aliphatic carbocycles. The van der Waals surface area contributed by atoms with Crippen LogP contribution in [0.25, 0.3) is 0 Å². The maximum Gasteiger partial charge on any atom is 0.231 e. The minimum absolute atomic E-state index is 0.0296. The molecule has 5 heteroatoms. The van der Waals surface area contributed by atoms with Gasteiger partial charge >= 0.3 is 0 Å². The van der Waals surface area contributed by atoms with Crippen LogP contribution in [0.3, 0.4) is 0 Å². The van der Waals surface area contributed by atoms with Crippen LogP contribution in [0.2, 0.25) is 0 Å². The number of nitrogens with one attached hydrogen (secondary N) is 2. The van der Waals surface area contributed by atoms with Gasteiger partial charge in [-0.25, -0.2) is 0 Å². The van der Waals surface area contributed by atoms with E-state index in [1.807, 2.05) is 0 Å². The van der Waals surface area contributed by atoms with Crippen LogP contribution >= 0.6 is 0 Å². The molecule has 108 valence electrons. The molecule has 0 atom stereocenters. The number of rotatable bonds is 4. The lowest BCUT2D eigenvalue weighted by Gasteiger charge is -2.44. The van der Waals surface area contributed by atoms with Gasteiger partial charge in [-0.3, -0.25) is 9.59 Å². The number of benzene rings is 1.